The van der Waals surface area contributed by atoms with Crippen LogP contribution in [0.2, 0.25) is 0 Å². The molecule has 7 heteroatoms. The fraction of sp³-hybridized carbons (Fsp3) is 0.529. The molecular formula is C17H24N2O5. The van der Waals surface area contributed by atoms with Crippen LogP contribution in [0.15, 0.2) is 0 Å². The van der Waals surface area contributed by atoms with Crippen LogP contribution in [-0.2, 0) is 16.0 Å². The minimum absolute atomic E-state index is 0.196. The molecule has 1 aliphatic rings. The number of aromatic hydroxyl groups is 1. The van der Waals surface area contributed by atoms with E-state index < -0.39 is 23.5 Å². The molecule has 0 bridgehead atoms. The molecule has 0 spiro atoms. The average Bonchev–Trinajstić information content (AvgIpc) is 2.55. The summed E-state index contributed by atoms with van der Waals surface area (Å²) in [7, 11) is 0. The number of nitrogens with two attached hydrogens (primary N) is 1. The van der Waals surface area contributed by atoms with Crippen LogP contribution in [0.3, 0.4) is 0 Å². The summed E-state index contributed by atoms with van der Waals surface area (Å²) in [5, 5.41) is 21.7. The second-order valence-corrected chi connectivity index (χ2v) is 6.46. The van der Waals surface area contributed by atoms with E-state index in [1.165, 1.54) is 0 Å². The van der Waals surface area contributed by atoms with Crippen LogP contribution in [-0.4, -0.2) is 40.3 Å². The molecule has 0 aromatic heterocycles. The number of fused-ring (bicyclic) bond motifs is 1. The first-order chi connectivity index (χ1) is 11.1. The zero-order chi connectivity index (χ0) is 18.2. The lowest BCUT2D eigenvalue weighted by Gasteiger charge is -2.37. The van der Waals surface area contributed by atoms with Gasteiger partial charge in [0.2, 0.25) is 0 Å². The van der Waals surface area contributed by atoms with Crippen molar-refractivity contribution in [1.82, 2.24) is 5.32 Å². The van der Waals surface area contributed by atoms with Gasteiger partial charge >= 0.3 is 5.97 Å². The number of amides is 1. The van der Waals surface area contributed by atoms with Crippen molar-refractivity contribution in [2.45, 2.75) is 52.2 Å². The lowest BCUT2D eigenvalue weighted by molar-refractivity contribution is -0.145. The largest absolute Gasteiger partial charge is 0.507 e. The van der Waals surface area contributed by atoms with E-state index in [1.54, 1.807) is 13.8 Å². The topological polar surface area (TPSA) is 122 Å². The smallest absolute Gasteiger partial charge is 0.327 e. The summed E-state index contributed by atoms with van der Waals surface area (Å²) in [5.74, 6) is -0.851. The molecule has 2 atom stereocenters. The first-order valence-corrected chi connectivity index (χ1v) is 7.86. The molecule has 24 heavy (non-hydrogen) atoms. The normalized spacial score (nSPS) is 20.7. The van der Waals surface area contributed by atoms with Crippen LogP contribution in [0.5, 0.6) is 11.5 Å². The second kappa shape index (κ2) is 6.32. The van der Waals surface area contributed by atoms with Crippen molar-refractivity contribution in [3.63, 3.8) is 0 Å². The number of hydrogen-bond acceptors (Lipinski definition) is 5. The van der Waals surface area contributed by atoms with Crippen molar-refractivity contribution < 1.29 is 24.5 Å². The van der Waals surface area contributed by atoms with Gasteiger partial charge < -0.3 is 26.0 Å². The van der Waals surface area contributed by atoms with Crippen molar-refractivity contribution in [2.24, 2.45) is 5.73 Å². The van der Waals surface area contributed by atoms with E-state index in [2.05, 4.69) is 5.32 Å². The summed E-state index contributed by atoms with van der Waals surface area (Å²) in [5.41, 5.74) is 7.33. The summed E-state index contributed by atoms with van der Waals surface area (Å²) < 4.78 is 6.00. The molecule has 1 heterocycles. The molecule has 2 unspecified atom stereocenters. The first-order valence-electron chi connectivity index (χ1n) is 7.86. The third-order valence-electron chi connectivity index (χ3n) is 4.84. The molecule has 1 amide bonds. The SMILES string of the molecule is Cc1c(C)c2c(c(C)c1O)CCC(C)(C(=O)NC(CN)C(=O)O)O2. The van der Waals surface area contributed by atoms with Gasteiger partial charge in [0.25, 0.3) is 5.91 Å². The van der Waals surface area contributed by atoms with Crippen molar-refractivity contribution in [3.05, 3.63) is 22.3 Å². The molecular weight excluding hydrogens is 312 g/mol. The number of carbonyl (C=O) groups is 2. The number of aliphatic carboxylic acids is 1. The number of hydrogen-bond donors (Lipinski definition) is 4. The molecule has 7 nitrogen and oxygen atoms in total. The minimum atomic E-state index is -1.18. The fourth-order valence-electron chi connectivity index (χ4n) is 2.94. The summed E-state index contributed by atoms with van der Waals surface area (Å²) in [6.07, 6.45) is 0.936. The van der Waals surface area contributed by atoms with Gasteiger partial charge in [-0.2, -0.15) is 0 Å². The molecule has 5 N–H and O–H groups in total. The Morgan fingerprint density at radius 3 is 2.46 bits per heavy atom. The number of rotatable bonds is 4. The number of ether oxygens (including phenoxy) is 1. The van der Waals surface area contributed by atoms with E-state index in [1.807, 2.05) is 13.8 Å². The Morgan fingerprint density at radius 2 is 1.92 bits per heavy atom. The van der Waals surface area contributed by atoms with Crippen LogP contribution in [0.25, 0.3) is 0 Å². The summed E-state index contributed by atoms with van der Waals surface area (Å²) in [4.78, 5) is 23.6. The van der Waals surface area contributed by atoms with E-state index >= 15 is 0 Å². The Balaban J connectivity index is 2.34. The molecule has 0 fully saturated rings. The van der Waals surface area contributed by atoms with Crippen molar-refractivity contribution in [1.29, 1.82) is 0 Å². The highest BCUT2D eigenvalue weighted by molar-refractivity contribution is 5.89. The van der Waals surface area contributed by atoms with Gasteiger partial charge in [-0.1, -0.05) is 0 Å². The first kappa shape index (κ1) is 18.1. The van der Waals surface area contributed by atoms with Gasteiger partial charge in [0.05, 0.1) is 0 Å². The Hall–Kier alpha value is -2.28. The van der Waals surface area contributed by atoms with E-state index in [4.69, 9.17) is 15.6 Å². The zero-order valence-corrected chi connectivity index (χ0v) is 14.4. The highest BCUT2D eigenvalue weighted by Crippen LogP contribution is 2.43. The van der Waals surface area contributed by atoms with Gasteiger partial charge in [-0.3, -0.25) is 4.79 Å². The lowest BCUT2D eigenvalue weighted by atomic mass is 9.86. The van der Waals surface area contributed by atoms with Crippen LogP contribution in [0.1, 0.15) is 35.6 Å². The quantitative estimate of drug-likeness (QED) is 0.649. The highest BCUT2D eigenvalue weighted by atomic mass is 16.5. The van der Waals surface area contributed by atoms with Crippen molar-refractivity contribution in [2.75, 3.05) is 6.54 Å². The van der Waals surface area contributed by atoms with Crippen molar-refractivity contribution >= 4 is 11.9 Å². The van der Waals surface area contributed by atoms with Gasteiger partial charge in [-0.25, -0.2) is 4.79 Å². The second-order valence-electron chi connectivity index (χ2n) is 6.46. The molecule has 1 aromatic rings. The maximum Gasteiger partial charge on any atom is 0.327 e. The van der Waals surface area contributed by atoms with Gasteiger partial charge in [0, 0.05) is 18.5 Å². The number of carboxylic acids is 1. The molecule has 132 valence electrons. The van der Waals surface area contributed by atoms with E-state index in [0.29, 0.717) is 24.2 Å². The van der Waals surface area contributed by atoms with Gasteiger partial charge in [-0.05, 0) is 50.8 Å². The molecule has 0 saturated heterocycles. The zero-order valence-electron chi connectivity index (χ0n) is 14.4. The Morgan fingerprint density at radius 1 is 1.29 bits per heavy atom. The predicted octanol–water partition coefficient (Wildman–Crippen LogP) is 0.929. The third kappa shape index (κ3) is 2.91. The number of nitrogens with one attached hydrogen (secondary N) is 1. The number of phenolic OH excluding ortho intramolecular Hbond substituents is 1. The molecule has 2 rings (SSSR count). The third-order valence-corrected chi connectivity index (χ3v) is 4.84. The molecule has 0 saturated carbocycles. The van der Waals surface area contributed by atoms with Crippen LogP contribution >= 0.6 is 0 Å². The molecule has 1 aromatic carbocycles. The van der Waals surface area contributed by atoms with E-state index in [9.17, 15) is 14.7 Å². The van der Waals surface area contributed by atoms with Crippen LogP contribution in [0, 0.1) is 20.8 Å². The van der Waals surface area contributed by atoms with E-state index in [0.717, 1.165) is 16.7 Å². The predicted molar refractivity (Wildman–Crippen MR) is 88.3 cm³/mol. The van der Waals surface area contributed by atoms with Gasteiger partial charge in [0.15, 0.2) is 5.60 Å². The van der Waals surface area contributed by atoms with Crippen molar-refractivity contribution in [3.8, 4) is 11.5 Å². The minimum Gasteiger partial charge on any atom is -0.507 e. The lowest BCUT2D eigenvalue weighted by Crippen LogP contribution is -2.56. The fourth-order valence-corrected chi connectivity index (χ4v) is 2.94. The average molecular weight is 336 g/mol. The molecule has 0 radical (unpaired) electrons. The molecule has 0 aliphatic carbocycles. The maximum absolute atomic E-state index is 12.5. The van der Waals surface area contributed by atoms with Gasteiger partial charge in [-0.15, -0.1) is 0 Å². The maximum atomic E-state index is 12.5. The van der Waals surface area contributed by atoms with E-state index in [-0.39, 0.29) is 12.3 Å². The number of carboxylic acid groups (broad SMARTS) is 1. The van der Waals surface area contributed by atoms with Crippen LogP contribution in [0.4, 0.5) is 0 Å². The Labute approximate surface area is 140 Å². The number of phenols is 1. The van der Waals surface area contributed by atoms with Crippen LogP contribution < -0.4 is 15.8 Å². The standard InChI is InChI=1S/C17H24N2O5/c1-8-9(2)14-11(10(3)13(8)20)5-6-17(4,24-14)16(23)19-12(7-18)15(21)22/h12,20H,5-7,18H2,1-4H3,(H,19,23)(H,21,22). The number of carbonyl (C=O) groups excluding carboxylic acids is 1. The Kier molecular flexibility index (Phi) is 4.75. The summed E-state index contributed by atoms with van der Waals surface area (Å²) >= 11 is 0. The number of benzene rings is 1. The molecule has 1 aliphatic heterocycles. The monoisotopic (exact) mass is 336 g/mol. The highest BCUT2D eigenvalue weighted by Gasteiger charge is 2.42. The summed E-state index contributed by atoms with van der Waals surface area (Å²) in [6.45, 7) is 6.89. The summed E-state index contributed by atoms with van der Waals surface area (Å²) in [6, 6.07) is -1.15. The Bertz CT molecular complexity index is 701. The van der Waals surface area contributed by atoms with Gasteiger partial charge in [0.1, 0.15) is 17.5 Å².